The molecule has 2 rings (SSSR count). The quantitative estimate of drug-likeness (QED) is 0.801. The molecule has 0 aliphatic heterocycles. The van der Waals surface area contributed by atoms with Gasteiger partial charge in [-0.15, -0.1) is 0 Å². The highest BCUT2D eigenvalue weighted by Crippen LogP contribution is 2.20. The van der Waals surface area contributed by atoms with Crippen LogP contribution in [-0.4, -0.2) is 26.7 Å². The maximum atomic E-state index is 13.7. The van der Waals surface area contributed by atoms with Crippen molar-refractivity contribution in [3.63, 3.8) is 0 Å². The van der Waals surface area contributed by atoms with Crippen LogP contribution in [0.3, 0.4) is 0 Å². The molecule has 0 fully saturated rings. The Morgan fingerprint density at radius 3 is 2.31 bits per heavy atom. The summed E-state index contributed by atoms with van der Waals surface area (Å²) in [4.78, 5) is 12.7. The third kappa shape index (κ3) is 5.05. The molecule has 0 spiro atoms. The van der Waals surface area contributed by atoms with Crippen LogP contribution in [0.15, 0.2) is 53.4 Å². The molecule has 0 saturated carbocycles. The highest BCUT2D eigenvalue weighted by atomic mass is 32.2. The number of rotatable bonds is 7. The van der Waals surface area contributed by atoms with Crippen molar-refractivity contribution in [2.45, 2.75) is 37.3 Å². The smallest absolute Gasteiger partial charge is 0.261 e. The van der Waals surface area contributed by atoms with Crippen molar-refractivity contribution in [3.05, 3.63) is 59.9 Å². The van der Waals surface area contributed by atoms with Crippen LogP contribution in [0.1, 0.15) is 31.9 Å². The summed E-state index contributed by atoms with van der Waals surface area (Å²) in [5.74, 6) is -0.863. The highest BCUT2D eigenvalue weighted by Gasteiger charge is 2.22. The van der Waals surface area contributed by atoms with E-state index in [1.165, 1.54) is 24.3 Å². The number of ether oxygens (including phenoxy) is 1. The second kappa shape index (κ2) is 8.31. The Kier molecular flexibility index (Phi) is 6.37. The zero-order chi connectivity index (χ0) is 19.3. The van der Waals surface area contributed by atoms with E-state index in [4.69, 9.17) is 4.74 Å². The lowest BCUT2D eigenvalue weighted by atomic mass is 10.1. The third-order valence-electron chi connectivity index (χ3n) is 3.94. The van der Waals surface area contributed by atoms with E-state index < -0.39 is 21.8 Å². The monoisotopic (exact) mass is 379 g/mol. The SMILES string of the molecule is CCC(Oc1ccccc1F)C(=O)NC(C)c1ccc(S(C)(=O)=O)cc1. The van der Waals surface area contributed by atoms with Gasteiger partial charge in [0.05, 0.1) is 10.9 Å². The van der Waals surface area contributed by atoms with Crippen LogP contribution in [0.25, 0.3) is 0 Å². The third-order valence-corrected chi connectivity index (χ3v) is 5.06. The van der Waals surface area contributed by atoms with Gasteiger partial charge in [0.2, 0.25) is 0 Å². The van der Waals surface area contributed by atoms with Crippen LogP contribution in [0.4, 0.5) is 4.39 Å². The number of hydrogen-bond donors (Lipinski definition) is 1. The summed E-state index contributed by atoms with van der Waals surface area (Å²) >= 11 is 0. The molecule has 2 aromatic rings. The first-order valence-electron chi connectivity index (χ1n) is 8.24. The first-order valence-corrected chi connectivity index (χ1v) is 10.1. The minimum absolute atomic E-state index is 0.0275. The van der Waals surface area contributed by atoms with Crippen LogP contribution >= 0.6 is 0 Å². The van der Waals surface area contributed by atoms with E-state index in [0.717, 1.165) is 11.8 Å². The summed E-state index contributed by atoms with van der Waals surface area (Å²) in [6.45, 7) is 3.56. The average Bonchev–Trinajstić information content (AvgIpc) is 2.60. The number of carbonyl (C=O) groups excluding carboxylic acids is 1. The number of amides is 1. The molecule has 0 radical (unpaired) electrons. The normalized spacial score (nSPS) is 13.7. The summed E-state index contributed by atoms with van der Waals surface area (Å²) in [5.41, 5.74) is 0.756. The van der Waals surface area contributed by atoms with Gasteiger partial charge in [0.15, 0.2) is 27.5 Å². The molecule has 1 amide bonds. The van der Waals surface area contributed by atoms with Gasteiger partial charge in [-0.05, 0) is 43.2 Å². The minimum Gasteiger partial charge on any atom is -0.478 e. The van der Waals surface area contributed by atoms with Crippen molar-refractivity contribution in [1.29, 1.82) is 0 Å². The Morgan fingerprint density at radius 2 is 1.77 bits per heavy atom. The lowest BCUT2D eigenvalue weighted by molar-refractivity contribution is -0.128. The van der Waals surface area contributed by atoms with Gasteiger partial charge in [-0.25, -0.2) is 12.8 Å². The van der Waals surface area contributed by atoms with Gasteiger partial charge < -0.3 is 10.1 Å². The number of halogens is 1. The van der Waals surface area contributed by atoms with Crippen molar-refractivity contribution in [2.24, 2.45) is 0 Å². The zero-order valence-electron chi connectivity index (χ0n) is 14.9. The first kappa shape index (κ1) is 19.9. The fourth-order valence-corrected chi connectivity index (χ4v) is 3.04. The Labute approximate surface area is 153 Å². The standard InChI is InChI=1S/C19H22FNO4S/c1-4-17(25-18-8-6-5-7-16(18)20)19(22)21-13(2)14-9-11-15(12-10-14)26(3,23)24/h5-13,17H,4H2,1-3H3,(H,21,22). The molecule has 140 valence electrons. The van der Waals surface area contributed by atoms with Crippen LogP contribution in [-0.2, 0) is 14.6 Å². The number of carbonyl (C=O) groups is 1. The molecule has 0 aliphatic rings. The van der Waals surface area contributed by atoms with Gasteiger partial charge in [-0.1, -0.05) is 31.2 Å². The van der Waals surface area contributed by atoms with Crippen molar-refractivity contribution < 1.29 is 22.3 Å². The summed E-state index contributed by atoms with van der Waals surface area (Å²) in [6, 6.07) is 11.9. The Morgan fingerprint density at radius 1 is 1.15 bits per heavy atom. The molecule has 0 aliphatic carbocycles. The van der Waals surface area contributed by atoms with Crippen LogP contribution in [0, 0.1) is 5.82 Å². The summed E-state index contributed by atoms with van der Waals surface area (Å²) < 4.78 is 42.2. The maximum Gasteiger partial charge on any atom is 0.261 e. The number of benzene rings is 2. The van der Waals surface area contributed by atoms with Crippen LogP contribution in [0.2, 0.25) is 0 Å². The van der Waals surface area contributed by atoms with Crippen LogP contribution < -0.4 is 10.1 Å². The van der Waals surface area contributed by atoms with Crippen molar-refractivity contribution in [2.75, 3.05) is 6.26 Å². The Bertz CT molecular complexity index is 865. The molecule has 0 saturated heterocycles. The van der Waals surface area contributed by atoms with Gasteiger partial charge in [0.25, 0.3) is 5.91 Å². The van der Waals surface area contributed by atoms with Gasteiger partial charge >= 0.3 is 0 Å². The molecular formula is C19H22FNO4S. The van der Waals surface area contributed by atoms with E-state index in [2.05, 4.69) is 5.32 Å². The summed E-state index contributed by atoms with van der Waals surface area (Å²) in [7, 11) is -3.27. The lowest BCUT2D eigenvalue weighted by Crippen LogP contribution is -2.39. The van der Waals surface area contributed by atoms with Gasteiger partial charge in [-0.2, -0.15) is 0 Å². The first-order chi connectivity index (χ1) is 12.2. The van der Waals surface area contributed by atoms with E-state index in [0.29, 0.717) is 6.42 Å². The van der Waals surface area contributed by atoms with E-state index >= 15 is 0 Å². The van der Waals surface area contributed by atoms with Crippen molar-refractivity contribution in [1.82, 2.24) is 5.32 Å². The minimum atomic E-state index is -3.27. The largest absolute Gasteiger partial charge is 0.478 e. The molecule has 0 bridgehead atoms. The van der Waals surface area contributed by atoms with Gasteiger partial charge in [-0.3, -0.25) is 4.79 Å². The molecule has 2 aromatic carbocycles. The number of nitrogens with one attached hydrogen (secondary N) is 1. The molecule has 1 N–H and O–H groups in total. The Hall–Kier alpha value is -2.41. The second-order valence-corrected chi connectivity index (χ2v) is 8.03. The predicted octanol–water partition coefficient (Wildman–Crippen LogP) is 3.26. The maximum absolute atomic E-state index is 13.7. The molecule has 2 atom stereocenters. The molecule has 0 aromatic heterocycles. The topological polar surface area (TPSA) is 72.5 Å². The van der Waals surface area contributed by atoms with E-state index in [1.54, 1.807) is 38.1 Å². The number of sulfone groups is 1. The van der Waals surface area contributed by atoms with E-state index in [1.807, 2.05) is 0 Å². The fraction of sp³-hybridized carbons (Fsp3) is 0.316. The van der Waals surface area contributed by atoms with Crippen LogP contribution in [0.5, 0.6) is 5.75 Å². The molecule has 7 heteroatoms. The number of para-hydroxylation sites is 1. The van der Waals surface area contributed by atoms with Crippen molar-refractivity contribution >= 4 is 15.7 Å². The van der Waals surface area contributed by atoms with E-state index in [-0.39, 0.29) is 22.6 Å². The van der Waals surface area contributed by atoms with E-state index in [9.17, 15) is 17.6 Å². The number of hydrogen-bond acceptors (Lipinski definition) is 4. The Balaban J connectivity index is 2.06. The molecule has 5 nitrogen and oxygen atoms in total. The highest BCUT2D eigenvalue weighted by molar-refractivity contribution is 7.90. The van der Waals surface area contributed by atoms with Gasteiger partial charge in [0, 0.05) is 6.26 Å². The lowest BCUT2D eigenvalue weighted by Gasteiger charge is -2.21. The summed E-state index contributed by atoms with van der Waals surface area (Å²) in [6.07, 6.45) is 0.684. The summed E-state index contributed by atoms with van der Waals surface area (Å²) in [5, 5.41) is 2.81. The second-order valence-electron chi connectivity index (χ2n) is 6.02. The predicted molar refractivity (Wildman–Crippen MR) is 97.2 cm³/mol. The van der Waals surface area contributed by atoms with Crippen molar-refractivity contribution in [3.8, 4) is 5.75 Å². The molecule has 0 heterocycles. The fourth-order valence-electron chi connectivity index (χ4n) is 2.41. The molecule has 26 heavy (non-hydrogen) atoms. The average molecular weight is 379 g/mol. The van der Waals surface area contributed by atoms with Gasteiger partial charge in [0.1, 0.15) is 0 Å². The molecular weight excluding hydrogens is 357 g/mol. The molecule has 2 unspecified atom stereocenters. The zero-order valence-corrected chi connectivity index (χ0v) is 15.7.